The number of carboxylic acid groups (broad SMARTS) is 1. The van der Waals surface area contributed by atoms with E-state index in [1.54, 1.807) is 6.07 Å². The van der Waals surface area contributed by atoms with Crippen LogP contribution in [0.15, 0.2) is 12.3 Å². The van der Waals surface area contributed by atoms with Gasteiger partial charge in [0.15, 0.2) is 0 Å². The highest BCUT2D eigenvalue weighted by Crippen LogP contribution is 2.23. The quantitative estimate of drug-likeness (QED) is 0.728. The zero-order valence-electron chi connectivity index (χ0n) is 8.82. The predicted octanol–water partition coefficient (Wildman–Crippen LogP) is 1.37. The second kappa shape index (κ2) is 3.62. The van der Waals surface area contributed by atoms with Gasteiger partial charge in [0.2, 0.25) is 0 Å². The van der Waals surface area contributed by atoms with E-state index in [1.165, 1.54) is 6.20 Å². The van der Waals surface area contributed by atoms with Crippen LogP contribution in [0.1, 0.15) is 41.5 Å². The fourth-order valence-electron chi connectivity index (χ4n) is 2.09. The third kappa shape index (κ3) is 1.85. The van der Waals surface area contributed by atoms with Crippen LogP contribution in [0.5, 0.6) is 0 Å². The molecule has 1 aromatic heterocycles. The van der Waals surface area contributed by atoms with Crippen LogP contribution in [0.25, 0.3) is 0 Å². The van der Waals surface area contributed by atoms with E-state index in [0.717, 1.165) is 17.7 Å². The molecule has 2 heterocycles. The number of nitrogens with one attached hydrogen (secondary N) is 1. The van der Waals surface area contributed by atoms with Crippen molar-refractivity contribution in [1.29, 1.82) is 0 Å². The van der Waals surface area contributed by atoms with Crippen LogP contribution < -0.4 is 5.32 Å². The second-order valence-corrected chi connectivity index (χ2v) is 4.07. The molecule has 2 rings (SSSR count). The molecule has 4 heteroatoms. The maximum absolute atomic E-state index is 10.8. The van der Waals surface area contributed by atoms with Crippen molar-refractivity contribution < 1.29 is 9.90 Å². The molecule has 2 atom stereocenters. The molecular formula is C11H14N2O2. The van der Waals surface area contributed by atoms with E-state index in [0.29, 0.717) is 6.04 Å². The van der Waals surface area contributed by atoms with E-state index in [-0.39, 0.29) is 11.6 Å². The van der Waals surface area contributed by atoms with E-state index in [9.17, 15) is 4.79 Å². The number of hydrogen-bond donors (Lipinski definition) is 2. The van der Waals surface area contributed by atoms with E-state index < -0.39 is 5.97 Å². The summed E-state index contributed by atoms with van der Waals surface area (Å²) in [6.07, 6.45) is 2.27. The van der Waals surface area contributed by atoms with Crippen molar-refractivity contribution in [2.45, 2.75) is 32.4 Å². The predicted molar refractivity (Wildman–Crippen MR) is 55.9 cm³/mol. The number of fused-ring (bicyclic) bond motifs is 1. The number of rotatable bonds is 1. The Kier molecular flexibility index (Phi) is 2.44. The number of carbonyl (C=O) groups is 1. The van der Waals surface area contributed by atoms with Crippen molar-refractivity contribution in [1.82, 2.24) is 10.3 Å². The maximum atomic E-state index is 10.8. The molecule has 15 heavy (non-hydrogen) atoms. The van der Waals surface area contributed by atoms with Gasteiger partial charge in [0.1, 0.15) is 0 Å². The molecule has 0 amide bonds. The van der Waals surface area contributed by atoms with Crippen LogP contribution in [0, 0.1) is 0 Å². The van der Waals surface area contributed by atoms with Crippen molar-refractivity contribution in [3.63, 3.8) is 0 Å². The maximum Gasteiger partial charge on any atom is 0.337 e. The summed E-state index contributed by atoms with van der Waals surface area (Å²) < 4.78 is 0. The van der Waals surface area contributed by atoms with Gasteiger partial charge >= 0.3 is 5.97 Å². The molecule has 2 N–H and O–H groups in total. The number of hydrogen-bond acceptors (Lipinski definition) is 3. The Labute approximate surface area is 88.3 Å². The molecule has 0 aliphatic carbocycles. The van der Waals surface area contributed by atoms with Crippen LogP contribution in [0.2, 0.25) is 0 Å². The molecule has 0 saturated heterocycles. The number of carboxylic acids is 1. The minimum absolute atomic E-state index is 0.201. The molecule has 80 valence electrons. The lowest BCUT2D eigenvalue weighted by Gasteiger charge is -2.28. The smallest absolute Gasteiger partial charge is 0.337 e. The summed E-state index contributed by atoms with van der Waals surface area (Å²) in [5.74, 6) is -0.913. The summed E-state index contributed by atoms with van der Waals surface area (Å²) in [6.45, 7) is 4.13. The number of aromatic carboxylic acids is 1. The summed E-state index contributed by atoms with van der Waals surface area (Å²) in [6, 6.07) is 2.31. The fraction of sp³-hybridized carbons (Fsp3) is 0.455. The van der Waals surface area contributed by atoms with E-state index in [4.69, 9.17) is 5.11 Å². The molecule has 0 saturated carbocycles. The average Bonchev–Trinajstić information content (AvgIpc) is 2.16. The molecule has 4 nitrogen and oxygen atoms in total. The Morgan fingerprint density at radius 1 is 1.60 bits per heavy atom. The standard InChI is InChI=1S/C11H14N2O2/c1-6-3-8-4-9(11(14)15)5-12-10(8)7(2)13-6/h4-7,13H,3H2,1-2H3,(H,14,15). The Balaban J connectivity index is 2.43. The molecule has 1 aliphatic heterocycles. The van der Waals surface area contributed by atoms with Gasteiger partial charge in [-0.2, -0.15) is 0 Å². The lowest BCUT2D eigenvalue weighted by atomic mass is 9.95. The first-order chi connectivity index (χ1) is 7.08. The number of aromatic nitrogens is 1. The van der Waals surface area contributed by atoms with Gasteiger partial charge in [0, 0.05) is 18.3 Å². The van der Waals surface area contributed by atoms with Crippen LogP contribution >= 0.6 is 0 Å². The Hall–Kier alpha value is -1.42. The molecule has 0 aromatic carbocycles. The monoisotopic (exact) mass is 206 g/mol. The van der Waals surface area contributed by atoms with E-state index >= 15 is 0 Å². The third-order valence-corrected chi connectivity index (χ3v) is 2.72. The second-order valence-electron chi connectivity index (χ2n) is 4.07. The van der Waals surface area contributed by atoms with Gasteiger partial charge < -0.3 is 10.4 Å². The zero-order chi connectivity index (χ0) is 11.0. The normalized spacial score (nSPS) is 24.7. The Morgan fingerprint density at radius 2 is 2.33 bits per heavy atom. The third-order valence-electron chi connectivity index (χ3n) is 2.72. The zero-order valence-corrected chi connectivity index (χ0v) is 8.82. The summed E-state index contributed by atoms with van der Waals surface area (Å²) in [7, 11) is 0. The minimum atomic E-state index is -0.913. The lowest BCUT2D eigenvalue weighted by molar-refractivity contribution is 0.0696. The van der Waals surface area contributed by atoms with E-state index in [1.807, 2.05) is 6.92 Å². The topological polar surface area (TPSA) is 62.2 Å². The van der Waals surface area contributed by atoms with Gasteiger partial charge in [-0.1, -0.05) is 0 Å². The molecular weight excluding hydrogens is 192 g/mol. The van der Waals surface area contributed by atoms with Crippen molar-refractivity contribution in [2.75, 3.05) is 0 Å². The Bertz CT molecular complexity index is 404. The summed E-state index contributed by atoms with van der Waals surface area (Å²) in [5.41, 5.74) is 2.29. The van der Waals surface area contributed by atoms with Gasteiger partial charge in [-0.25, -0.2) is 4.79 Å². The van der Waals surface area contributed by atoms with Gasteiger partial charge in [-0.15, -0.1) is 0 Å². The number of nitrogens with zero attached hydrogens (tertiary/aromatic N) is 1. The SMILES string of the molecule is CC1Cc2cc(C(=O)O)cnc2C(C)N1. The van der Waals surface area contributed by atoms with Gasteiger partial charge in [-0.05, 0) is 31.9 Å². The summed E-state index contributed by atoms with van der Waals surface area (Å²) >= 11 is 0. The van der Waals surface area contributed by atoms with Crippen LogP contribution in [0.4, 0.5) is 0 Å². The first kappa shape index (κ1) is 10.1. The number of pyridine rings is 1. The molecule has 1 aromatic rings. The van der Waals surface area contributed by atoms with Crippen molar-refractivity contribution in [3.8, 4) is 0 Å². The van der Waals surface area contributed by atoms with E-state index in [2.05, 4.69) is 17.2 Å². The van der Waals surface area contributed by atoms with Crippen LogP contribution in [-0.4, -0.2) is 22.1 Å². The van der Waals surface area contributed by atoms with Crippen LogP contribution in [0.3, 0.4) is 0 Å². The highest BCUT2D eigenvalue weighted by Gasteiger charge is 2.22. The molecule has 0 spiro atoms. The fourth-order valence-corrected chi connectivity index (χ4v) is 2.09. The molecule has 0 fully saturated rings. The molecule has 0 bridgehead atoms. The molecule has 2 unspecified atom stereocenters. The van der Waals surface area contributed by atoms with Crippen LogP contribution in [-0.2, 0) is 6.42 Å². The van der Waals surface area contributed by atoms with Gasteiger partial charge in [0.05, 0.1) is 11.3 Å². The highest BCUT2D eigenvalue weighted by atomic mass is 16.4. The van der Waals surface area contributed by atoms with Crippen molar-refractivity contribution in [2.24, 2.45) is 0 Å². The average molecular weight is 206 g/mol. The first-order valence-electron chi connectivity index (χ1n) is 5.06. The summed E-state index contributed by atoms with van der Waals surface area (Å²) in [5, 5.41) is 12.2. The van der Waals surface area contributed by atoms with Crippen molar-refractivity contribution >= 4 is 5.97 Å². The van der Waals surface area contributed by atoms with Gasteiger partial charge in [0.25, 0.3) is 0 Å². The molecule has 1 aliphatic rings. The lowest BCUT2D eigenvalue weighted by Crippen LogP contribution is -2.36. The minimum Gasteiger partial charge on any atom is -0.478 e. The van der Waals surface area contributed by atoms with Crippen molar-refractivity contribution in [3.05, 3.63) is 29.1 Å². The summed E-state index contributed by atoms with van der Waals surface area (Å²) in [4.78, 5) is 15.0. The van der Waals surface area contributed by atoms with Gasteiger partial charge in [-0.3, -0.25) is 4.98 Å². The highest BCUT2D eigenvalue weighted by molar-refractivity contribution is 5.87. The largest absolute Gasteiger partial charge is 0.478 e. The Morgan fingerprint density at radius 3 is 3.00 bits per heavy atom. The first-order valence-corrected chi connectivity index (χ1v) is 5.06. The molecule has 0 radical (unpaired) electrons.